The zero-order chi connectivity index (χ0) is 17.2. The fourth-order valence-electron chi connectivity index (χ4n) is 2.56. The Bertz CT molecular complexity index is 706. The normalized spacial score (nSPS) is 11.9. The van der Waals surface area contributed by atoms with Crippen LogP contribution in [0.5, 0.6) is 0 Å². The van der Waals surface area contributed by atoms with Crippen molar-refractivity contribution in [3.05, 3.63) is 34.5 Å². The molecule has 126 valence electrons. The van der Waals surface area contributed by atoms with Gasteiger partial charge in [0.15, 0.2) is 0 Å². The van der Waals surface area contributed by atoms with E-state index in [1.165, 1.54) is 24.5 Å². The minimum Gasteiger partial charge on any atom is -0.389 e. The molecule has 4 nitrogen and oxygen atoms in total. The summed E-state index contributed by atoms with van der Waals surface area (Å²) < 4.78 is 20.1. The number of carbonyl (C=O) groups excluding carboxylic acids is 1. The van der Waals surface area contributed by atoms with Crippen molar-refractivity contribution in [2.45, 2.75) is 33.0 Å². The smallest absolute Gasteiger partial charge is 0.264 e. The first-order valence-corrected chi connectivity index (χ1v) is 8.30. The molecule has 0 aliphatic carbocycles. The van der Waals surface area contributed by atoms with Crippen LogP contribution in [-0.4, -0.2) is 41.7 Å². The van der Waals surface area contributed by atoms with Crippen LogP contribution in [-0.2, 0) is 11.3 Å². The highest BCUT2D eigenvalue weighted by molar-refractivity contribution is 7.21. The van der Waals surface area contributed by atoms with Crippen LogP contribution in [0.15, 0.2) is 18.2 Å². The first-order valence-electron chi connectivity index (χ1n) is 7.49. The maximum absolute atomic E-state index is 14.2. The van der Waals surface area contributed by atoms with Crippen LogP contribution in [0.25, 0.3) is 10.1 Å². The van der Waals surface area contributed by atoms with E-state index in [4.69, 9.17) is 4.74 Å². The number of rotatable bonds is 6. The van der Waals surface area contributed by atoms with Crippen LogP contribution in [0.2, 0.25) is 0 Å². The van der Waals surface area contributed by atoms with Gasteiger partial charge in [-0.3, -0.25) is 4.79 Å². The number of hydrogen-bond acceptors (Lipinski definition) is 4. The molecule has 0 fully saturated rings. The molecule has 2 aromatic rings. The van der Waals surface area contributed by atoms with Gasteiger partial charge >= 0.3 is 0 Å². The largest absolute Gasteiger partial charge is 0.389 e. The molecule has 23 heavy (non-hydrogen) atoms. The molecule has 0 atom stereocenters. The molecule has 0 saturated heterocycles. The van der Waals surface area contributed by atoms with Gasteiger partial charge in [-0.1, -0.05) is 6.07 Å². The number of thiophene rings is 1. The highest BCUT2D eigenvalue weighted by atomic mass is 32.1. The molecule has 1 amide bonds. The molecule has 1 aromatic heterocycles. The van der Waals surface area contributed by atoms with Crippen molar-refractivity contribution in [1.82, 2.24) is 4.90 Å². The van der Waals surface area contributed by atoms with Crippen molar-refractivity contribution in [1.29, 1.82) is 0 Å². The Labute approximate surface area is 139 Å². The topological polar surface area (TPSA) is 49.8 Å². The lowest BCUT2D eigenvalue weighted by molar-refractivity contribution is 0.0315. The Morgan fingerprint density at radius 3 is 2.70 bits per heavy atom. The molecule has 1 N–H and O–H groups in total. The number of halogens is 1. The van der Waals surface area contributed by atoms with Crippen molar-refractivity contribution in [3.8, 4) is 0 Å². The standard InChI is InChI=1S/C17H22FNO3S/c1-5-19(10-17(2,3)21)16(20)15-11(9-22-4)14-12(18)7-6-8-13(14)23-15/h6-8,21H,5,9-10H2,1-4H3. The first kappa shape index (κ1) is 17.8. The van der Waals surface area contributed by atoms with E-state index in [0.717, 1.165) is 4.70 Å². The summed E-state index contributed by atoms with van der Waals surface area (Å²) in [5.41, 5.74) is -0.417. The van der Waals surface area contributed by atoms with E-state index in [1.807, 2.05) is 6.92 Å². The number of fused-ring (bicyclic) bond motifs is 1. The first-order chi connectivity index (χ1) is 10.8. The van der Waals surface area contributed by atoms with Gasteiger partial charge in [-0.2, -0.15) is 0 Å². The summed E-state index contributed by atoms with van der Waals surface area (Å²) in [7, 11) is 1.52. The third-order valence-electron chi connectivity index (χ3n) is 3.49. The van der Waals surface area contributed by atoms with E-state index in [2.05, 4.69) is 0 Å². The Balaban J connectivity index is 2.51. The molecule has 6 heteroatoms. The summed E-state index contributed by atoms with van der Waals surface area (Å²) in [6, 6.07) is 4.82. The number of carbonyl (C=O) groups is 1. The Kier molecular flexibility index (Phi) is 5.39. The number of benzene rings is 1. The number of ether oxygens (including phenoxy) is 1. The maximum atomic E-state index is 14.2. The highest BCUT2D eigenvalue weighted by Crippen LogP contribution is 2.34. The van der Waals surface area contributed by atoms with Gasteiger partial charge in [-0.05, 0) is 32.9 Å². The average Bonchev–Trinajstić information content (AvgIpc) is 2.83. The minimum atomic E-state index is -0.991. The van der Waals surface area contributed by atoms with Gasteiger partial charge in [0.2, 0.25) is 0 Å². The second kappa shape index (κ2) is 6.95. The third-order valence-corrected chi connectivity index (χ3v) is 4.68. The summed E-state index contributed by atoms with van der Waals surface area (Å²) in [4.78, 5) is 14.9. The Hall–Kier alpha value is -1.50. The van der Waals surface area contributed by atoms with E-state index in [-0.39, 0.29) is 24.9 Å². The van der Waals surface area contributed by atoms with Gasteiger partial charge in [-0.25, -0.2) is 4.39 Å². The van der Waals surface area contributed by atoms with Crippen LogP contribution in [0, 0.1) is 5.82 Å². The van der Waals surface area contributed by atoms with Crippen LogP contribution >= 0.6 is 11.3 Å². The summed E-state index contributed by atoms with van der Waals surface area (Å²) in [6.07, 6.45) is 0. The van der Waals surface area contributed by atoms with Gasteiger partial charge in [0, 0.05) is 35.8 Å². The van der Waals surface area contributed by atoms with Crippen molar-refractivity contribution in [2.24, 2.45) is 0 Å². The zero-order valence-corrected chi connectivity index (χ0v) is 14.7. The zero-order valence-electron chi connectivity index (χ0n) is 13.9. The molecule has 1 aromatic carbocycles. The second-order valence-corrected chi connectivity index (χ2v) is 7.14. The molecule has 0 radical (unpaired) electrons. The minimum absolute atomic E-state index is 0.169. The lowest BCUT2D eigenvalue weighted by atomic mass is 10.1. The van der Waals surface area contributed by atoms with E-state index in [1.54, 1.807) is 30.9 Å². The van der Waals surface area contributed by atoms with Crippen molar-refractivity contribution < 1.29 is 19.0 Å². The van der Waals surface area contributed by atoms with Gasteiger partial charge in [-0.15, -0.1) is 11.3 Å². The predicted molar refractivity (Wildman–Crippen MR) is 90.4 cm³/mol. The second-order valence-electron chi connectivity index (χ2n) is 6.09. The lowest BCUT2D eigenvalue weighted by Crippen LogP contribution is -2.42. The van der Waals surface area contributed by atoms with Crippen LogP contribution in [0.4, 0.5) is 4.39 Å². The Morgan fingerprint density at radius 2 is 2.13 bits per heavy atom. The van der Waals surface area contributed by atoms with Crippen molar-refractivity contribution >= 4 is 27.3 Å². The number of likely N-dealkylation sites (N-methyl/N-ethyl adjacent to an activating group) is 1. The van der Waals surface area contributed by atoms with E-state index in [9.17, 15) is 14.3 Å². The summed E-state index contributed by atoms with van der Waals surface area (Å²) in [5.74, 6) is -0.558. The average molecular weight is 339 g/mol. The van der Waals surface area contributed by atoms with E-state index >= 15 is 0 Å². The van der Waals surface area contributed by atoms with Gasteiger partial charge in [0.05, 0.1) is 17.1 Å². The Morgan fingerprint density at radius 1 is 1.43 bits per heavy atom. The molecule has 0 spiro atoms. The SMILES string of the molecule is CCN(CC(C)(C)O)C(=O)c1sc2cccc(F)c2c1COC. The van der Waals surface area contributed by atoms with Gasteiger partial charge in [0.1, 0.15) is 5.82 Å². The van der Waals surface area contributed by atoms with Crippen LogP contribution in [0.1, 0.15) is 36.0 Å². The molecule has 0 unspecified atom stereocenters. The van der Waals surface area contributed by atoms with Crippen LogP contribution in [0.3, 0.4) is 0 Å². The summed E-state index contributed by atoms with van der Waals surface area (Å²) in [5, 5.41) is 10.4. The fourth-order valence-corrected chi connectivity index (χ4v) is 3.75. The number of nitrogens with zero attached hydrogens (tertiary/aromatic N) is 1. The summed E-state index contributed by atoms with van der Waals surface area (Å²) >= 11 is 1.26. The van der Waals surface area contributed by atoms with Gasteiger partial charge < -0.3 is 14.7 Å². The quantitative estimate of drug-likeness (QED) is 0.877. The van der Waals surface area contributed by atoms with Crippen molar-refractivity contribution in [3.63, 3.8) is 0 Å². The predicted octanol–water partition coefficient (Wildman–Crippen LogP) is 3.42. The number of aliphatic hydroxyl groups is 1. The number of amides is 1. The molecule has 0 aliphatic rings. The monoisotopic (exact) mass is 339 g/mol. The molecule has 2 rings (SSSR count). The maximum Gasteiger partial charge on any atom is 0.264 e. The third kappa shape index (κ3) is 3.88. The molecule has 1 heterocycles. The van der Waals surface area contributed by atoms with E-state index in [0.29, 0.717) is 22.4 Å². The number of hydrogen-bond donors (Lipinski definition) is 1. The molecular weight excluding hydrogens is 317 g/mol. The molecular formula is C17H22FNO3S. The van der Waals surface area contributed by atoms with E-state index < -0.39 is 5.60 Å². The fraction of sp³-hybridized carbons (Fsp3) is 0.471. The molecule has 0 aliphatic heterocycles. The van der Waals surface area contributed by atoms with Crippen molar-refractivity contribution in [2.75, 3.05) is 20.2 Å². The molecule has 0 saturated carbocycles. The van der Waals surface area contributed by atoms with Gasteiger partial charge in [0.25, 0.3) is 5.91 Å². The van der Waals surface area contributed by atoms with Crippen LogP contribution < -0.4 is 0 Å². The lowest BCUT2D eigenvalue weighted by Gasteiger charge is -2.28. The summed E-state index contributed by atoms with van der Waals surface area (Å²) in [6.45, 7) is 6.01. The number of methoxy groups -OCH3 is 1. The molecule has 0 bridgehead atoms. The highest BCUT2D eigenvalue weighted by Gasteiger charge is 2.27.